The number of carbonyl (C=O) groups excluding carboxylic acids is 1. The first-order chi connectivity index (χ1) is 25.0. The molecule has 10 heteroatoms. The molecule has 308 valence electrons. The van der Waals surface area contributed by atoms with Gasteiger partial charge in [0.25, 0.3) is 7.82 Å². The zero-order chi connectivity index (χ0) is 38.3. The van der Waals surface area contributed by atoms with Crippen molar-refractivity contribution >= 4 is 13.7 Å². The molecule has 9 nitrogen and oxygen atoms in total. The molecule has 52 heavy (non-hydrogen) atoms. The smallest absolute Gasteiger partial charge is 0.268 e. The molecule has 0 saturated carbocycles. The second kappa shape index (κ2) is 31.4. The van der Waals surface area contributed by atoms with Gasteiger partial charge < -0.3 is 33.6 Å². The lowest BCUT2D eigenvalue weighted by Crippen LogP contribution is -2.46. The number of carbonyl (C=O) groups is 1. The van der Waals surface area contributed by atoms with Crippen LogP contribution in [0.2, 0.25) is 0 Å². The summed E-state index contributed by atoms with van der Waals surface area (Å²) in [7, 11) is 1.29. The number of likely N-dealkylation sites (N-methyl/N-ethyl adjacent to an activating group) is 1. The molecule has 5 atom stereocenters. The van der Waals surface area contributed by atoms with Gasteiger partial charge in [-0.3, -0.25) is 9.36 Å². The van der Waals surface area contributed by atoms with E-state index < -0.39 is 20.0 Å². The van der Waals surface area contributed by atoms with Gasteiger partial charge in [0.1, 0.15) is 13.2 Å². The summed E-state index contributed by atoms with van der Waals surface area (Å²) < 4.78 is 29.1. The molecule has 1 aliphatic heterocycles. The summed E-state index contributed by atoms with van der Waals surface area (Å²) in [6.45, 7) is 4.66. The van der Waals surface area contributed by atoms with Crippen LogP contribution < -0.4 is 10.2 Å². The molecule has 2 N–H and O–H groups in total. The first-order valence-electron chi connectivity index (χ1n) is 21.7. The number of phosphoric ester groups is 1. The average molecular weight is 759 g/mol. The summed E-state index contributed by atoms with van der Waals surface area (Å²) in [5.74, 6) is -0.183. The first kappa shape index (κ1) is 49.2. The standard InChI is InChI=1S/C42H83N2O7P/c1-6-8-10-12-14-15-16-17-18-19-20-21-23-27-31-39(45)38(37-50-52(47,48)49-36-35-44(3,4)5)43-42(46)34-30-26-22-25-29-33-41-40(51-41)32-28-24-13-11-9-7-2/h24,28,38-41,45H,6-23,25-27,29-37H2,1-5H3,(H-,43,46,47,48)/b28-24-/t38-,39+,40?,41?/m0/s1. The van der Waals surface area contributed by atoms with Gasteiger partial charge in [-0.05, 0) is 38.5 Å². The SMILES string of the molecule is CCCCC/C=C\CC1OC1CCCCCCCC(=O)N[C@@H](COP(=O)([O-])OCC[N+](C)(C)C)[C@H](O)CCCCCCCCCCCCCCCC. The molecule has 1 heterocycles. The Hall–Kier alpha value is -0.800. The van der Waals surface area contributed by atoms with Crippen molar-refractivity contribution in [1.82, 2.24) is 5.32 Å². The number of amides is 1. The second-order valence-electron chi connectivity index (χ2n) is 16.4. The number of rotatable bonds is 38. The molecule has 1 aliphatic rings. The van der Waals surface area contributed by atoms with E-state index in [9.17, 15) is 19.4 Å². The molecule has 0 radical (unpaired) electrons. The van der Waals surface area contributed by atoms with E-state index in [4.69, 9.17) is 13.8 Å². The number of phosphoric acid groups is 1. The van der Waals surface area contributed by atoms with Crippen LogP contribution in [0.25, 0.3) is 0 Å². The van der Waals surface area contributed by atoms with Gasteiger partial charge in [-0.2, -0.15) is 0 Å². The van der Waals surface area contributed by atoms with E-state index in [1.807, 2.05) is 21.1 Å². The van der Waals surface area contributed by atoms with Crippen LogP contribution in [0.1, 0.15) is 187 Å². The van der Waals surface area contributed by atoms with Crippen LogP contribution in [0.15, 0.2) is 12.2 Å². The zero-order valence-corrected chi connectivity index (χ0v) is 35.4. The first-order valence-corrected chi connectivity index (χ1v) is 23.1. The van der Waals surface area contributed by atoms with Crippen molar-refractivity contribution in [2.75, 3.05) is 40.9 Å². The quantitative estimate of drug-likeness (QED) is 0.0211. The third-order valence-electron chi connectivity index (χ3n) is 10.2. The van der Waals surface area contributed by atoms with Crippen LogP contribution in [0.3, 0.4) is 0 Å². The van der Waals surface area contributed by atoms with Crippen LogP contribution in [-0.2, 0) is 23.1 Å². The van der Waals surface area contributed by atoms with E-state index in [-0.39, 0.29) is 19.1 Å². The highest BCUT2D eigenvalue weighted by atomic mass is 31.2. The van der Waals surface area contributed by atoms with Crippen LogP contribution >= 0.6 is 7.82 Å². The number of aliphatic hydroxyl groups excluding tert-OH is 1. The van der Waals surface area contributed by atoms with Gasteiger partial charge in [0.15, 0.2) is 0 Å². The van der Waals surface area contributed by atoms with Crippen molar-refractivity contribution in [1.29, 1.82) is 0 Å². The van der Waals surface area contributed by atoms with Crippen molar-refractivity contribution in [3.05, 3.63) is 12.2 Å². The second-order valence-corrected chi connectivity index (χ2v) is 17.8. The Morgan fingerprint density at radius 2 is 1.31 bits per heavy atom. The fourth-order valence-corrected chi connectivity index (χ4v) is 7.30. The largest absolute Gasteiger partial charge is 0.756 e. The maximum absolute atomic E-state index is 12.9. The lowest BCUT2D eigenvalue weighted by atomic mass is 10.0. The third-order valence-corrected chi connectivity index (χ3v) is 11.1. The Morgan fingerprint density at radius 1 is 0.769 bits per heavy atom. The van der Waals surface area contributed by atoms with Crippen molar-refractivity contribution < 1.29 is 37.6 Å². The lowest BCUT2D eigenvalue weighted by Gasteiger charge is -2.30. The number of nitrogens with zero attached hydrogens (tertiary/aromatic N) is 1. The van der Waals surface area contributed by atoms with Gasteiger partial charge >= 0.3 is 0 Å². The molecule has 0 aromatic carbocycles. The molecule has 3 unspecified atom stereocenters. The molecular formula is C42H83N2O7P. The summed E-state index contributed by atoms with van der Waals surface area (Å²) in [5, 5.41) is 13.9. The number of unbranched alkanes of at least 4 members (excludes halogenated alkanes) is 20. The van der Waals surface area contributed by atoms with Crippen LogP contribution in [0.4, 0.5) is 0 Å². The number of aliphatic hydroxyl groups is 1. The average Bonchev–Trinajstić information content (AvgIpc) is 3.84. The Bertz CT molecular complexity index is 928. The number of allylic oxidation sites excluding steroid dienone is 1. The highest BCUT2D eigenvalue weighted by Crippen LogP contribution is 2.38. The van der Waals surface area contributed by atoms with Crippen LogP contribution in [0.5, 0.6) is 0 Å². The number of quaternary nitrogens is 1. The van der Waals surface area contributed by atoms with E-state index in [0.717, 1.165) is 64.2 Å². The summed E-state index contributed by atoms with van der Waals surface area (Å²) in [6.07, 6.45) is 35.1. The van der Waals surface area contributed by atoms with Crippen LogP contribution in [-0.4, -0.2) is 80.8 Å². The zero-order valence-electron chi connectivity index (χ0n) is 34.5. The maximum atomic E-state index is 12.9. The van der Waals surface area contributed by atoms with Gasteiger partial charge in [0, 0.05) is 6.42 Å². The summed E-state index contributed by atoms with van der Waals surface area (Å²) >= 11 is 0. The summed E-state index contributed by atoms with van der Waals surface area (Å²) in [5.41, 5.74) is 0. The monoisotopic (exact) mass is 759 g/mol. The minimum absolute atomic E-state index is 0.00764. The van der Waals surface area contributed by atoms with E-state index in [0.29, 0.717) is 36.1 Å². The fourth-order valence-electron chi connectivity index (χ4n) is 6.57. The molecule has 0 aromatic heterocycles. The van der Waals surface area contributed by atoms with Crippen molar-refractivity contribution in [3.63, 3.8) is 0 Å². The predicted molar refractivity (Wildman–Crippen MR) is 214 cm³/mol. The summed E-state index contributed by atoms with van der Waals surface area (Å²) in [4.78, 5) is 25.3. The maximum Gasteiger partial charge on any atom is 0.268 e. The number of epoxide rings is 1. The van der Waals surface area contributed by atoms with Crippen LogP contribution in [0, 0.1) is 0 Å². The van der Waals surface area contributed by atoms with Crippen molar-refractivity contribution in [2.24, 2.45) is 0 Å². The molecule has 1 saturated heterocycles. The lowest BCUT2D eigenvalue weighted by molar-refractivity contribution is -0.870. The predicted octanol–water partition coefficient (Wildman–Crippen LogP) is 9.94. The van der Waals surface area contributed by atoms with Gasteiger partial charge in [-0.25, -0.2) is 0 Å². The highest BCUT2D eigenvalue weighted by Gasteiger charge is 2.36. The van der Waals surface area contributed by atoms with Crippen molar-refractivity contribution in [2.45, 2.75) is 212 Å². The molecule has 0 bridgehead atoms. The third kappa shape index (κ3) is 30.5. The molecule has 0 aromatic rings. The highest BCUT2D eigenvalue weighted by molar-refractivity contribution is 7.45. The number of ether oxygens (including phenoxy) is 1. The molecule has 1 rings (SSSR count). The van der Waals surface area contributed by atoms with Gasteiger partial charge in [0.2, 0.25) is 5.91 Å². The molecule has 1 amide bonds. The minimum atomic E-state index is -4.57. The molecule has 1 fully saturated rings. The number of hydrogen-bond acceptors (Lipinski definition) is 7. The number of hydrogen-bond donors (Lipinski definition) is 2. The fraction of sp³-hybridized carbons (Fsp3) is 0.929. The molecule has 0 spiro atoms. The Kier molecular flexibility index (Phi) is 29.7. The van der Waals surface area contributed by atoms with E-state index >= 15 is 0 Å². The minimum Gasteiger partial charge on any atom is -0.756 e. The molecular weight excluding hydrogens is 675 g/mol. The molecule has 0 aliphatic carbocycles. The van der Waals surface area contributed by atoms with E-state index in [1.54, 1.807) is 0 Å². The van der Waals surface area contributed by atoms with Gasteiger partial charge in [-0.15, -0.1) is 0 Å². The Balaban J connectivity index is 2.31. The van der Waals surface area contributed by atoms with Gasteiger partial charge in [-0.1, -0.05) is 154 Å². The van der Waals surface area contributed by atoms with Gasteiger partial charge in [0.05, 0.1) is 52.1 Å². The van der Waals surface area contributed by atoms with E-state index in [1.165, 1.54) is 96.3 Å². The Labute approximate surface area is 320 Å². The topological polar surface area (TPSA) is 120 Å². The van der Waals surface area contributed by atoms with E-state index in [2.05, 4.69) is 31.3 Å². The normalized spacial score (nSPS) is 18.4. The summed E-state index contributed by atoms with van der Waals surface area (Å²) in [6, 6.07) is -0.809. The Morgan fingerprint density at radius 3 is 1.90 bits per heavy atom. The number of nitrogens with one attached hydrogen (secondary N) is 1. The van der Waals surface area contributed by atoms with Crippen molar-refractivity contribution in [3.8, 4) is 0 Å².